The lowest BCUT2D eigenvalue weighted by molar-refractivity contribution is 0.126. The summed E-state index contributed by atoms with van der Waals surface area (Å²) >= 11 is 0. The Hall–Kier alpha value is -1.13. The highest BCUT2D eigenvalue weighted by molar-refractivity contribution is 5.14. The first kappa shape index (κ1) is 9.95. The van der Waals surface area contributed by atoms with Crippen LogP contribution in [0.2, 0.25) is 0 Å². The zero-order chi connectivity index (χ0) is 9.84. The Morgan fingerprint density at radius 3 is 2.77 bits per heavy atom. The van der Waals surface area contributed by atoms with Gasteiger partial charge in [0.1, 0.15) is 6.73 Å². The third-order valence-electron chi connectivity index (χ3n) is 1.95. The molecule has 0 amide bonds. The van der Waals surface area contributed by atoms with E-state index >= 15 is 0 Å². The van der Waals surface area contributed by atoms with E-state index in [1.807, 2.05) is 13.0 Å². The van der Waals surface area contributed by atoms with Crippen molar-refractivity contribution in [1.29, 1.82) is 0 Å². The molecule has 1 aromatic heterocycles. The molecule has 1 aromatic rings. The maximum absolute atomic E-state index is 11.6. The van der Waals surface area contributed by atoms with Crippen LogP contribution in [-0.4, -0.2) is 11.7 Å². The van der Waals surface area contributed by atoms with Crippen molar-refractivity contribution in [3.8, 4) is 0 Å². The van der Waals surface area contributed by atoms with Crippen molar-refractivity contribution >= 4 is 0 Å². The molecule has 2 N–H and O–H groups in total. The number of methoxy groups -OCH3 is 1. The number of hydrogen-bond acceptors (Lipinski definition) is 3. The second kappa shape index (κ2) is 4.20. The lowest BCUT2D eigenvalue weighted by Crippen LogP contribution is -2.27. The van der Waals surface area contributed by atoms with Crippen LogP contribution < -0.4 is 11.3 Å². The summed E-state index contributed by atoms with van der Waals surface area (Å²) in [6, 6.07) is 3.62. The van der Waals surface area contributed by atoms with Crippen LogP contribution in [0.4, 0.5) is 0 Å². The Morgan fingerprint density at radius 1 is 1.54 bits per heavy atom. The van der Waals surface area contributed by atoms with Gasteiger partial charge in [-0.25, -0.2) is 0 Å². The molecule has 1 rings (SSSR count). The average molecular weight is 182 g/mol. The molecule has 0 aliphatic heterocycles. The molecule has 0 aliphatic rings. The van der Waals surface area contributed by atoms with Crippen molar-refractivity contribution in [2.75, 3.05) is 7.11 Å². The minimum atomic E-state index is -0.0654. The van der Waals surface area contributed by atoms with Crippen LogP contribution in [0.15, 0.2) is 16.9 Å². The molecule has 4 nitrogen and oxygen atoms in total. The van der Waals surface area contributed by atoms with Crippen LogP contribution in [0, 0.1) is 6.92 Å². The van der Waals surface area contributed by atoms with Gasteiger partial charge in [-0.05, 0) is 13.0 Å². The summed E-state index contributed by atoms with van der Waals surface area (Å²) in [4.78, 5) is 11.6. The molecule has 0 unspecified atom stereocenters. The van der Waals surface area contributed by atoms with E-state index in [0.717, 1.165) is 5.69 Å². The lowest BCUT2D eigenvalue weighted by atomic mass is 10.2. The summed E-state index contributed by atoms with van der Waals surface area (Å²) in [5.41, 5.74) is 6.84. The molecule has 4 heteroatoms. The van der Waals surface area contributed by atoms with Crippen LogP contribution in [0.5, 0.6) is 0 Å². The van der Waals surface area contributed by atoms with Gasteiger partial charge in [-0.1, -0.05) is 6.07 Å². The molecular weight excluding hydrogens is 168 g/mol. The molecule has 0 aliphatic carbocycles. The molecule has 0 atom stereocenters. The van der Waals surface area contributed by atoms with Crippen LogP contribution in [0.1, 0.15) is 11.3 Å². The fourth-order valence-electron chi connectivity index (χ4n) is 1.16. The largest absolute Gasteiger partial charge is 0.364 e. The van der Waals surface area contributed by atoms with E-state index in [-0.39, 0.29) is 18.8 Å². The maximum atomic E-state index is 11.6. The maximum Gasteiger partial charge on any atom is 0.257 e. The summed E-state index contributed by atoms with van der Waals surface area (Å²) in [6.07, 6.45) is 0. The molecule has 0 radical (unpaired) electrons. The molecule has 13 heavy (non-hydrogen) atoms. The Morgan fingerprint density at radius 2 is 2.23 bits per heavy atom. The predicted octanol–water partition coefficient (Wildman–Crippen LogP) is 0.219. The number of nitrogens with two attached hydrogens (primary N) is 1. The lowest BCUT2D eigenvalue weighted by Gasteiger charge is -2.09. The number of nitrogens with zero attached hydrogens (tertiary/aromatic N) is 1. The molecule has 0 saturated carbocycles. The van der Waals surface area contributed by atoms with Crippen molar-refractivity contribution in [2.45, 2.75) is 20.2 Å². The summed E-state index contributed by atoms with van der Waals surface area (Å²) in [5, 5.41) is 0. The number of aromatic nitrogens is 1. The minimum Gasteiger partial charge on any atom is -0.364 e. The third-order valence-corrected chi connectivity index (χ3v) is 1.95. The predicted molar refractivity (Wildman–Crippen MR) is 50.3 cm³/mol. The van der Waals surface area contributed by atoms with Crippen LogP contribution >= 0.6 is 0 Å². The summed E-state index contributed by atoms with van der Waals surface area (Å²) in [6.45, 7) is 2.40. The van der Waals surface area contributed by atoms with Crippen LogP contribution in [0.25, 0.3) is 0 Å². The highest BCUT2D eigenvalue weighted by atomic mass is 16.5. The van der Waals surface area contributed by atoms with Gasteiger partial charge in [-0.15, -0.1) is 0 Å². The number of ether oxygens (including phenoxy) is 1. The van der Waals surface area contributed by atoms with Gasteiger partial charge < -0.3 is 10.5 Å². The Labute approximate surface area is 76.9 Å². The van der Waals surface area contributed by atoms with E-state index in [0.29, 0.717) is 5.56 Å². The quantitative estimate of drug-likeness (QED) is 0.727. The van der Waals surface area contributed by atoms with Crippen LogP contribution in [-0.2, 0) is 18.0 Å². The smallest absolute Gasteiger partial charge is 0.257 e. The number of pyridine rings is 1. The van der Waals surface area contributed by atoms with E-state index in [9.17, 15) is 4.79 Å². The molecule has 72 valence electrons. The Kier molecular flexibility index (Phi) is 3.22. The zero-order valence-corrected chi connectivity index (χ0v) is 7.91. The van der Waals surface area contributed by atoms with Gasteiger partial charge in [0.2, 0.25) is 0 Å². The van der Waals surface area contributed by atoms with Gasteiger partial charge in [0, 0.05) is 24.9 Å². The van der Waals surface area contributed by atoms with E-state index in [2.05, 4.69) is 0 Å². The molecular formula is C9H14N2O2. The number of aryl methyl sites for hydroxylation is 1. The standard InChI is InChI=1S/C9H14N2O2/c1-7-3-4-8(5-10)9(12)11(7)6-13-2/h3-4H,5-6,10H2,1-2H3. The second-order valence-corrected chi connectivity index (χ2v) is 2.86. The average Bonchev–Trinajstić information content (AvgIpc) is 2.12. The minimum absolute atomic E-state index is 0.0654. The van der Waals surface area contributed by atoms with Crippen molar-refractivity contribution in [2.24, 2.45) is 5.73 Å². The van der Waals surface area contributed by atoms with Gasteiger partial charge in [-0.3, -0.25) is 9.36 Å². The summed E-state index contributed by atoms with van der Waals surface area (Å²) in [7, 11) is 1.56. The highest BCUT2D eigenvalue weighted by Crippen LogP contribution is 1.97. The molecule has 0 bridgehead atoms. The Bertz CT molecular complexity index is 344. The summed E-state index contributed by atoms with van der Waals surface area (Å²) < 4.78 is 6.47. The zero-order valence-electron chi connectivity index (χ0n) is 7.91. The second-order valence-electron chi connectivity index (χ2n) is 2.86. The SMILES string of the molecule is COCn1c(C)ccc(CN)c1=O. The van der Waals surface area contributed by atoms with E-state index in [4.69, 9.17) is 10.5 Å². The Balaban J connectivity index is 3.22. The topological polar surface area (TPSA) is 57.2 Å². The monoisotopic (exact) mass is 182 g/mol. The highest BCUT2D eigenvalue weighted by Gasteiger charge is 2.03. The van der Waals surface area contributed by atoms with E-state index < -0.39 is 0 Å². The van der Waals surface area contributed by atoms with Gasteiger partial charge in [-0.2, -0.15) is 0 Å². The van der Waals surface area contributed by atoms with Crippen molar-refractivity contribution in [3.05, 3.63) is 33.7 Å². The fourth-order valence-corrected chi connectivity index (χ4v) is 1.16. The van der Waals surface area contributed by atoms with Crippen molar-refractivity contribution in [1.82, 2.24) is 4.57 Å². The molecule has 0 spiro atoms. The molecule has 0 aromatic carbocycles. The molecule has 0 fully saturated rings. The summed E-state index contributed by atoms with van der Waals surface area (Å²) in [5.74, 6) is 0. The third kappa shape index (κ3) is 1.96. The molecule has 0 saturated heterocycles. The first-order chi connectivity index (χ1) is 6.20. The van der Waals surface area contributed by atoms with Crippen molar-refractivity contribution < 1.29 is 4.74 Å². The first-order valence-electron chi connectivity index (χ1n) is 4.09. The number of rotatable bonds is 3. The van der Waals surface area contributed by atoms with E-state index in [1.165, 1.54) is 0 Å². The fraction of sp³-hybridized carbons (Fsp3) is 0.444. The normalized spacial score (nSPS) is 10.4. The number of hydrogen-bond donors (Lipinski definition) is 1. The van der Waals surface area contributed by atoms with Crippen LogP contribution in [0.3, 0.4) is 0 Å². The van der Waals surface area contributed by atoms with Crippen molar-refractivity contribution in [3.63, 3.8) is 0 Å². The van der Waals surface area contributed by atoms with Gasteiger partial charge in [0.25, 0.3) is 5.56 Å². The van der Waals surface area contributed by atoms with Gasteiger partial charge in [0.05, 0.1) is 0 Å². The van der Waals surface area contributed by atoms with Gasteiger partial charge in [0.15, 0.2) is 0 Å². The molecule has 1 heterocycles. The van der Waals surface area contributed by atoms with Gasteiger partial charge >= 0.3 is 0 Å². The van der Waals surface area contributed by atoms with E-state index in [1.54, 1.807) is 17.7 Å². The first-order valence-corrected chi connectivity index (χ1v) is 4.09.